The van der Waals surface area contributed by atoms with E-state index in [-0.39, 0.29) is 11.8 Å². The van der Waals surface area contributed by atoms with E-state index in [1.807, 2.05) is 6.07 Å². The van der Waals surface area contributed by atoms with Crippen molar-refractivity contribution in [3.05, 3.63) is 35.7 Å². The van der Waals surface area contributed by atoms with Gasteiger partial charge in [-0.2, -0.15) is 23.5 Å². The molecule has 0 unspecified atom stereocenters. The van der Waals surface area contributed by atoms with E-state index in [1.165, 1.54) is 25.4 Å². The van der Waals surface area contributed by atoms with Gasteiger partial charge in [-0.25, -0.2) is 9.67 Å². The summed E-state index contributed by atoms with van der Waals surface area (Å²) < 4.78 is 43.5. The Morgan fingerprint density at radius 2 is 2.11 bits per heavy atom. The van der Waals surface area contributed by atoms with E-state index in [4.69, 9.17) is 10.00 Å². The first-order valence-electron chi connectivity index (χ1n) is 5.05. The van der Waals surface area contributed by atoms with E-state index in [9.17, 15) is 13.2 Å². The third-order valence-corrected chi connectivity index (χ3v) is 2.20. The fourth-order valence-electron chi connectivity index (χ4n) is 1.33. The zero-order valence-electron chi connectivity index (χ0n) is 9.64. The van der Waals surface area contributed by atoms with Crippen LogP contribution in [0.15, 0.2) is 24.4 Å². The predicted molar refractivity (Wildman–Crippen MR) is 57.2 cm³/mol. The number of alkyl halides is 3. The molecule has 98 valence electrons. The highest BCUT2D eigenvalue weighted by Crippen LogP contribution is 2.31. The lowest BCUT2D eigenvalue weighted by atomic mass is 10.3. The minimum absolute atomic E-state index is 0.0239. The largest absolute Gasteiger partial charge is 0.435 e. The predicted octanol–water partition coefficient (Wildman–Crippen LogP) is 2.50. The highest BCUT2D eigenvalue weighted by Gasteiger charge is 2.35. The van der Waals surface area contributed by atoms with Crippen molar-refractivity contribution in [3.8, 4) is 17.8 Å². The molecule has 2 rings (SSSR count). The molecular formula is C11H7F3N4O. The highest BCUT2D eigenvalue weighted by atomic mass is 19.4. The molecule has 0 amide bonds. The highest BCUT2D eigenvalue weighted by molar-refractivity contribution is 5.33. The molecule has 0 N–H and O–H groups in total. The molecule has 0 spiro atoms. The van der Waals surface area contributed by atoms with Gasteiger partial charge in [0.25, 0.3) is 0 Å². The van der Waals surface area contributed by atoms with Crippen LogP contribution in [0.5, 0.6) is 11.8 Å². The Balaban J connectivity index is 2.29. The van der Waals surface area contributed by atoms with Crippen molar-refractivity contribution >= 4 is 0 Å². The van der Waals surface area contributed by atoms with Crippen LogP contribution in [0.4, 0.5) is 13.2 Å². The van der Waals surface area contributed by atoms with Gasteiger partial charge in [-0.15, -0.1) is 0 Å². The molecule has 2 aromatic rings. The van der Waals surface area contributed by atoms with Crippen molar-refractivity contribution in [2.75, 3.05) is 0 Å². The van der Waals surface area contributed by atoms with Crippen LogP contribution in [-0.4, -0.2) is 14.8 Å². The van der Waals surface area contributed by atoms with Gasteiger partial charge in [0.2, 0.25) is 11.8 Å². The van der Waals surface area contributed by atoms with Crippen molar-refractivity contribution < 1.29 is 17.9 Å². The normalized spacial score (nSPS) is 11.1. The van der Waals surface area contributed by atoms with Crippen LogP contribution >= 0.6 is 0 Å². The van der Waals surface area contributed by atoms with Gasteiger partial charge in [0.05, 0.1) is 11.6 Å². The fourth-order valence-corrected chi connectivity index (χ4v) is 1.33. The van der Waals surface area contributed by atoms with E-state index >= 15 is 0 Å². The summed E-state index contributed by atoms with van der Waals surface area (Å²) in [6.07, 6.45) is -3.21. The summed E-state index contributed by atoms with van der Waals surface area (Å²) in [5.74, 6) is -0.0920. The van der Waals surface area contributed by atoms with Crippen molar-refractivity contribution in [2.45, 2.75) is 6.18 Å². The molecule has 19 heavy (non-hydrogen) atoms. The SMILES string of the molecule is Cn1nc(C(F)(F)F)cc1Oc1cc(C#N)ccn1. The van der Waals surface area contributed by atoms with Crippen molar-refractivity contribution in [1.82, 2.24) is 14.8 Å². The number of pyridine rings is 1. The summed E-state index contributed by atoms with van der Waals surface area (Å²) >= 11 is 0. The van der Waals surface area contributed by atoms with Crippen molar-refractivity contribution in [1.29, 1.82) is 5.26 Å². The molecule has 8 heteroatoms. The Morgan fingerprint density at radius 1 is 1.37 bits per heavy atom. The summed E-state index contributed by atoms with van der Waals surface area (Å²) in [7, 11) is 1.32. The van der Waals surface area contributed by atoms with E-state index in [0.29, 0.717) is 5.56 Å². The van der Waals surface area contributed by atoms with E-state index in [0.717, 1.165) is 10.7 Å². The molecule has 2 aromatic heterocycles. The van der Waals surface area contributed by atoms with Crippen LogP contribution < -0.4 is 4.74 Å². The molecule has 2 heterocycles. The zero-order valence-corrected chi connectivity index (χ0v) is 9.64. The average Bonchev–Trinajstić information content (AvgIpc) is 2.71. The molecule has 0 bridgehead atoms. The van der Waals surface area contributed by atoms with Gasteiger partial charge >= 0.3 is 6.18 Å². The number of hydrogen-bond donors (Lipinski definition) is 0. The minimum Gasteiger partial charge on any atom is -0.421 e. The molecule has 0 atom stereocenters. The quantitative estimate of drug-likeness (QED) is 0.839. The monoisotopic (exact) mass is 268 g/mol. The number of aryl methyl sites for hydroxylation is 1. The maximum atomic E-state index is 12.4. The lowest BCUT2D eigenvalue weighted by Crippen LogP contribution is -2.06. The van der Waals surface area contributed by atoms with Gasteiger partial charge in [-0.1, -0.05) is 0 Å². The summed E-state index contributed by atoms with van der Waals surface area (Å²) in [6, 6.07) is 5.41. The number of aromatic nitrogens is 3. The van der Waals surface area contributed by atoms with Gasteiger partial charge in [-0.3, -0.25) is 0 Å². The smallest absolute Gasteiger partial charge is 0.421 e. The maximum absolute atomic E-state index is 12.4. The van der Waals surface area contributed by atoms with Gasteiger partial charge in [-0.05, 0) is 6.07 Å². The van der Waals surface area contributed by atoms with Crippen LogP contribution in [0, 0.1) is 11.3 Å². The van der Waals surface area contributed by atoms with E-state index in [1.54, 1.807) is 0 Å². The van der Waals surface area contributed by atoms with E-state index in [2.05, 4.69) is 10.1 Å². The molecular weight excluding hydrogens is 261 g/mol. The summed E-state index contributed by atoms with van der Waals surface area (Å²) in [5, 5.41) is 12.0. The Bertz CT molecular complexity index is 642. The summed E-state index contributed by atoms with van der Waals surface area (Å²) in [6.45, 7) is 0. The Labute approximate surface area is 105 Å². The summed E-state index contributed by atoms with van der Waals surface area (Å²) in [5.41, 5.74) is -0.760. The molecule has 0 saturated heterocycles. The van der Waals surface area contributed by atoms with Crippen LogP contribution in [0.1, 0.15) is 11.3 Å². The van der Waals surface area contributed by atoms with Gasteiger partial charge in [0, 0.05) is 25.4 Å². The molecule has 5 nitrogen and oxygen atoms in total. The second-order valence-corrected chi connectivity index (χ2v) is 3.59. The second kappa shape index (κ2) is 4.61. The summed E-state index contributed by atoms with van der Waals surface area (Å²) in [4.78, 5) is 3.80. The average molecular weight is 268 g/mol. The number of ether oxygens (including phenoxy) is 1. The minimum atomic E-state index is -4.54. The van der Waals surface area contributed by atoms with Crippen LogP contribution in [-0.2, 0) is 13.2 Å². The molecule has 0 aliphatic rings. The Hall–Kier alpha value is -2.56. The van der Waals surface area contributed by atoms with Gasteiger partial charge in [0.1, 0.15) is 0 Å². The first-order chi connectivity index (χ1) is 8.90. The Kier molecular flexibility index (Phi) is 3.12. The maximum Gasteiger partial charge on any atom is 0.435 e. The number of hydrogen-bond acceptors (Lipinski definition) is 4. The molecule has 0 radical (unpaired) electrons. The molecule has 0 saturated carbocycles. The molecule has 0 fully saturated rings. The molecule has 0 aliphatic carbocycles. The second-order valence-electron chi connectivity index (χ2n) is 3.59. The number of nitriles is 1. The number of halogens is 3. The first-order valence-corrected chi connectivity index (χ1v) is 5.05. The topological polar surface area (TPSA) is 63.7 Å². The lowest BCUT2D eigenvalue weighted by Gasteiger charge is -2.03. The first kappa shape index (κ1) is 12.9. The van der Waals surface area contributed by atoms with Crippen LogP contribution in [0.3, 0.4) is 0 Å². The zero-order chi connectivity index (χ0) is 14.0. The van der Waals surface area contributed by atoms with Crippen molar-refractivity contribution in [2.24, 2.45) is 7.05 Å². The Morgan fingerprint density at radius 3 is 2.68 bits per heavy atom. The lowest BCUT2D eigenvalue weighted by molar-refractivity contribution is -0.141. The number of rotatable bonds is 2. The van der Waals surface area contributed by atoms with Crippen LogP contribution in [0.25, 0.3) is 0 Å². The standard InChI is InChI=1S/C11H7F3N4O/c1-18-10(5-8(17-18)11(12,13)14)19-9-4-7(6-15)2-3-16-9/h2-5H,1H3. The fraction of sp³-hybridized carbons (Fsp3) is 0.182. The molecule has 0 aliphatic heterocycles. The van der Waals surface area contributed by atoms with Gasteiger partial charge < -0.3 is 4.74 Å². The van der Waals surface area contributed by atoms with Crippen LogP contribution in [0.2, 0.25) is 0 Å². The third kappa shape index (κ3) is 2.82. The van der Waals surface area contributed by atoms with Gasteiger partial charge in [0.15, 0.2) is 5.69 Å². The molecule has 0 aromatic carbocycles. The third-order valence-electron chi connectivity index (χ3n) is 2.20. The van der Waals surface area contributed by atoms with Crippen molar-refractivity contribution in [3.63, 3.8) is 0 Å². The number of nitrogens with zero attached hydrogens (tertiary/aromatic N) is 4. The van der Waals surface area contributed by atoms with E-state index < -0.39 is 11.9 Å².